The molecule has 0 N–H and O–H groups in total. The Morgan fingerprint density at radius 2 is 2.26 bits per heavy atom. The lowest BCUT2D eigenvalue weighted by molar-refractivity contribution is 0.102. The lowest BCUT2D eigenvalue weighted by atomic mass is 10.2. The third kappa shape index (κ3) is 3.51. The molecule has 0 radical (unpaired) electrons. The van der Waals surface area contributed by atoms with Gasteiger partial charge in [0, 0.05) is 23.0 Å². The summed E-state index contributed by atoms with van der Waals surface area (Å²) in [5, 5.41) is 7.66. The highest BCUT2D eigenvalue weighted by atomic mass is 32.2. The highest BCUT2D eigenvalue weighted by Gasteiger charge is 2.31. The maximum atomic E-state index is 12.5. The minimum Gasteiger partial charge on any atom is -0.344 e. The molecule has 3 heterocycles. The predicted molar refractivity (Wildman–Crippen MR) is 91.2 cm³/mol. The van der Waals surface area contributed by atoms with Crippen LogP contribution in [-0.2, 0) is 9.84 Å². The number of ketones is 1. The quantitative estimate of drug-likeness (QED) is 0.592. The molecule has 0 aromatic carbocycles. The topological polar surface area (TPSA) is 81.9 Å². The first-order valence-electron chi connectivity index (χ1n) is 7.18. The fourth-order valence-corrected chi connectivity index (χ4v) is 6.10. The summed E-state index contributed by atoms with van der Waals surface area (Å²) in [6.45, 7) is 3.81. The van der Waals surface area contributed by atoms with Crippen LogP contribution in [0, 0.1) is 13.8 Å². The van der Waals surface area contributed by atoms with Gasteiger partial charge >= 0.3 is 0 Å². The minimum absolute atomic E-state index is 0.0328. The first kappa shape index (κ1) is 16.7. The summed E-state index contributed by atoms with van der Waals surface area (Å²) in [6.07, 6.45) is 0.617. The van der Waals surface area contributed by atoms with Crippen molar-refractivity contribution >= 4 is 38.7 Å². The zero-order valence-corrected chi connectivity index (χ0v) is 15.3. The molecule has 2 aromatic heterocycles. The second-order valence-corrected chi connectivity index (χ2v) is 9.91. The Balaban J connectivity index is 1.79. The van der Waals surface area contributed by atoms with Crippen LogP contribution in [0.25, 0.3) is 0 Å². The van der Waals surface area contributed by atoms with Gasteiger partial charge < -0.3 is 4.57 Å². The highest BCUT2D eigenvalue weighted by Crippen LogP contribution is 2.30. The van der Waals surface area contributed by atoms with Gasteiger partial charge in [-0.3, -0.25) is 4.79 Å². The SMILES string of the molecule is Cc1cc(C(=O)CSc2nncs2)c(C)n1[C@@H]1CCS(=O)(=O)C1. The van der Waals surface area contributed by atoms with Crippen molar-refractivity contribution < 1.29 is 13.2 Å². The molecule has 23 heavy (non-hydrogen) atoms. The van der Waals surface area contributed by atoms with Crippen LogP contribution in [0.1, 0.15) is 34.2 Å². The number of thioether (sulfide) groups is 1. The standard InChI is InChI=1S/C14H17N3O3S3/c1-9-5-12(13(18)6-21-14-16-15-8-22-14)10(2)17(9)11-3-4-23(19,20)7-11/h5,8,11H,3-4,6-7H2,1-2H3/t11-/m1/s1. The number of Topliss-reactive ketones (excluding diaryl/α,β-unsaturated/α-hetero) is 1. The van der Waals surface area contributed by atoms with E-state index in [1.54, 1.807) is 5.51 Å². The Bertz CT molecular complexity index is 825. The summed E-state index contributed by atoms with van der Waals surface area (Å²) in [5.41, 5.74) is 4.10. The van der Waals surface area contributed by atoms with Gasteiger partial charge in [-0.05, 0) is 26.3 Å². The number of nitrogens with zero attached hydrogens (tertiary/aromatic N) is 3. The Hall–Kier alpha value is -1.19. The maximum Gasteiger partial charge on any atom is 0.174 e. The van der Waals surface area contributed by atoms with Gasteiger partial charge in [0.15, 0.2) is 20.0 Å². The van der Waals surface area contributed by atoms with Crippen LogP contribution in [-0.4, -0.2) is 46.2 Å². The zero-order valence-electron chi connectivity index (χ0n) is 12.9. The van der Waals surface area contributed by atoms with E-state index < -0.39 is 9.84 Å². The van der Waals surface area contributed by atoms with Gasteiger partial charge in [0.1, 0.15) is 5.51 Å². The maximum absolute atomic E-state index is 12.5. The number of carbonyl (C=O) groups is 1. The van der Waals surface area contributed by atoms with Crippen molar-refractivity contribution in [3.8, 4) is 0 Å². The molecular formula is C14H17N3O3S3. The normalized spacial score (nSPS) is 20.0. The highest BCUT2D eigenvalue weighted by molar-refractivity contribution is 8.01. The van der Waals surface area contributed by atoms with Crippen LogP contribution < -0.4 is 0 Å². The van der Waals surface area contributed by atoms with Gasteiger partial charge in [-0.2, -0.15) is 0 Å². The number of hydrogen-bond donors (Lipinski definition) is 0. The van der Waals surface area contributed by atoms with Crippen molar-refractivity contribution in [3.63, 3.8) is 0 Å². The second kappa shape index (κ2) is 6.37. The molecule has 6 nitrogen and oxygen atoms in total. The molecule has 9 heteroatoms. The second-order valence-electron chi connectivity index (χ2n) is 5.63. The zero-order chi connectivity index (χ0) is 16.6. The molecule has 124 valence electrons. The lowest BCUT2D eigenvalue weighted by Crippen LogP contribution is -2.14. The van der Waals surface area contributed by atoms with E-state index in [1.165, 1.54) is 23.1 Å². The van der Waals surface area contributed by atoms with E-state index >= 15 is 0 Å². The van der Waals surface area contributed by atoms with Gasteiger partial charge in [0.25, 0.3) is 0 Å². The van der Waals surface area contributed by atoms with Gasteiger partial charge in [0.05, 0.1) is 17.3 Å². The summed E-state index contributed by atoms with van der Waals surface area (Å²) in [5.74, 6) is 0.731. The summed E-state index contributed by atoms with van der Waals surface area (Å²) >= 11 is 2.79. The Morgan fingerprint density at radius 3 is 2.87 bits per heavy atom. The molecule has 0 bridgehead atoms. The molecule has 1 atom stereocenters. The fourth-order valence-electron chi connectivity index (χ4n) is 3.03. The fraction of sp³-hybridized carbons (Fsp3) is 0.500. The van der Waals surface area contributed by atoms with Crippen molar-refractivity contribution in [2.75, 3.05) is 17.3 Å². The van der Waals surface area contributed by atoms with Crippen LogP contribution in [0.15, 0.2) is 15.9 Å². The first-order chi connectivity index (χ1) is 10.9. The smallest absolute Gasteiger partial charge is 0.174 e. The van der Waals surface area contributed by atoms with Crippen molar-refractivity contribution in [2.45, 2.75) is 30.6 Å². The molecule has 2 aromatic rings. The third-order valence-electron chi connectivity index (χ3n) is 4.03. The third-order valence-corrected chi connectivity index (χ3v) is 7.64. The van der Waals surface area contributed by atoms with Crippen LogP contribution in [0.5, 0.6) is 0 Å². The van der Waals surface area contributed by atoms with Crippen molar-refractivity contribution in [1.29, 1.82) is 0 Å². The van der Waals surface area contributed by atoms with E-state index in [0.29, 0.717) is 17.7 Å². The van der Waals surface area contributed by atoms with Crippen molar-refractivity contribution in [1.82, 2.24) is 14.8 Å². The van der Waals surface area contributed by atoms with Crippen molar-refractivity contribution in [2.24, 2.45) is 0 Å². The lowest BCUT2D eigenvalue weighted by Gasteiger charge is -2.16. The van der Waals surface area contributed by atoms with E-state index in [9.17, 15) is 13.2 Å². The molecule has 0 amide bonds. The summed E-state index contributed by atoms with van der Waals surface area (Å²) in [6, 6.07) is 1.81. The summed E-state index contributed by atoms with van der Waals surface area (Å²) in [4.78, 5) is 12.5. The number of sulfone groups is 1. The molecule has 1 fully saturated rings. The minimum atomic E-state index is -2.95. The Labute approximate surface area is 143 Å². The predicted octanol–water partition coefficient (Wildman–Crippen LogP) is 2.29. The van der Waals surface area contributed by atoms with E-state index in [0.717, 1.165) is 15.7 Å². The van der Waals surface area contributed by atoms with Gasteiger partial charge in [0.2, 0.25) is 0 Å². The molecule has 0 unspecified atom stereocenters. The number of hydrogen-bond acceptors (Lipinski definition) is 7. The Kier molecular flexibility index (Phi) is 4.61. The van der Waals surface area contributed by atoms with Crippen molar-refractivity contribution in [3.05, 3.63) is 28.5 Å². The average Bonchev–Trinajstić information content (AvgIpc) is 3.17. The van der Waals surface area contributed by atoms with Gasteiger partial charge in [-0.15, -0.1) is 10.2 Å². The number of aromatic nitrogens is 3. The average molecular weight is 372 g/mol. The van der Waals surface area contributed by atoms with E-state index in [4.69, 9.17) is 0 Å². The largest absolute Gasteiger partial charge is 0.344 e. The first-order valence-corrected chi connectivity index (χ1v) is 10.9. The molecule has 3 rings (SSSR count). The number of carbonyl (C=O) groups excluding carboxylic acids is 1. The molecule has 1 aliphatic rings. The van der Waals surface area contributed by atoms with E-state index in [-0.39, 0.29) is 23.3 Å². The summed E-state index contributed by atoms with van der Waals surface area (Å²) < 4.78 is 26.2. The van der Waals surface area contributed by atoms with Crippen LogP contribution >= 0.6 is 23.1 Å². The molecule has 0 aliphatic carbocycles. The molecule has 1 saturated heterocycles. The number of aryl methyl sites for hydroxylation is 1. The van der Waals surface area contributed by atoms with Crippen LogP contribution in [0.4, 0.5) is 0 Å². The summed E-state index contributed by atoms with van der Waals surface area (Å²) in [7, 11) is -2.95. The van der Waals surface area contributed by atoms with Crippen LogP contribution in [0.3, 0.4) is 0 Å². The number of rotatable bonds is 5. The molecular weight excluding hydrogens is 354 g/mol. The molecule has 1 aliphatic heterocycles. The van der Waals surface area contributed by atoms with Gasteiger partial charge in [-0.1, -0.05) is 23.1 Å². The molecule has 0 spiro atoms. The monoisotopic (exact) mass is 371 g/mol. The van der Waals surface area contributed by atoms with E-state index in [2.05, 4.69) is 10.2 Å². The van der Waals surface area contributed by atoms with Crippen LogP contribution in [0.2, 0.25) is 0 Å². The van der Waals surface area contributed by atoms with Gasteiger partial charge in [-0.25, -0.2) is 8.42 Å². The molecule has 0 saturated carbocycles. The van der Waals surface area contributed by atoms with E-state index in [1.807, 2.05) is 24.5 Å². The Morgan fingerprint density at radius 1 is 1.48 bits per heavy atom.